The fourth-order valence-corrected chi connectivity index (χ4v) is 6.96. The minimum Gasteiger partial charge on any atom is -0.481 e. The first-order valence-electron chi connectivity index (χ1n) is 9.98. The van der Waals surface area contributed by atoms with E-state index in [1.54, 1.807) is 0 Å². The molecular formula is C20H41NO4Si2. The molecule has 0 saturated carbocycles. The molecule has 27 heavy (non-hydrogen) atoms. The van der Waals surface area contributed by atoms with Crippen molar-refractivity contribution in [3.63, 3.8) is 0 Å². The van der Waals surface area contributed by atoms with Gasteiger partial charge in [0.25, 0.3) is 0 Å². The minimum absolute atomic E-state index is 0.00877. The molecular weight excluding hydrogens is 374 g/mol. The van der Waals surface area contributed by atoms with E-state index in [4.69, 9.17) is 4.43 Å². The normalized spacial score (nSPS) is 24.8. The number of β-lactam (4-membered cyclic amide) rings is 1. The summed E-state index contributed by atoms with van der Waals surface area (Å²) in [4.78, 5) is 24.8. The zero-order valence-corrected chi connectivity index (χ0v) is 21.3. The van der Waals surface area contributed by atoms with Gasteiger partial charge < -0.3 is 14.1 Å². The molecule has 0 spiro atoms. The van der Waals surface area contributed by atoms with Crippen LogP contribution in [0, 0.1) is 5.41 Å². The quantitative estimate of drug-likeness (QED) is 0.464. The number of carbonyl (C=O) groups excluding carboxylic acids is 1. The van der Waals surface area contributed by atoms with Crippen LogP contribution in [0.1, 0.15) is 61.3 Å². The van der Waals surface area contributed by atoms with Crippen LogP contribution < -0.4 is 0 Å². The molecule has 0 aromatic rings. The fraction of sp³-hybridized carbons (Fsp3) is 0.900. The summed E-state index contributed by atoms with van der Waals surface area (Å²) >= 11 is 0. The Kier molecular flexibility index (Phi) is 6.59. The smallest absolute Gasteiger partial charge is 0.305 e. The van der Waals surface area contributed by atoms with Crippen molar-refractivity contribution >= 4 is 28.4 Å². The van der Waals surface area contributed by atoms with Gasteiger partial charge in [-0.05, 0) is 36.5 Å². The van der Waals surface area contributed by atoms with Crippen molar-refractivity contribution < 1.29 is 19.1 Å². The standard InChI is InChI=1S/C20H41NO4Si2/c1-18(2,3)26(8,9)21-15(14-16(22)23)20(7,17(21)24)12-13-25-27(10,11)19(4,5)6/h15H,12-14H2,1-11H3,(H,22,23)/t15?,20-/m0/s1. The van der Waals surface area contributed by atoms with E-state index < -0.39 is 27.9 Å². The molecule has 1 aliphatic heterocycles. The summed E-state index contributed by atoms with van der Waals surface area (Å²) in [5.74, 6) is -0.730. The van der Waals surface area contributed by atoms with Crippen molar-refractivity contribution in [2.75, 3.05) is 6.61 Å². The van der Waals surface area contributed by atoms with Crippen molar-refractivity contribution in [1.82, 2.24) is 4.57 Å². The van der Waals surface area contributed by atoms with Gasteiger partial charge in [0.05, 0.1) is 11.8 Å². The van der Waals surface area contributed by atoms with Gasteiger partial charge in [-0.2, -0.15) is 0 Å². The second-order valence-corrected chi connectivity index (χ2v) is 21.3. The molecule has 0 radical (unpaired) electrons. The van der Waals surface area contributed by atoms with Crippen LogP contribution in [0.4, 0.5) is 0 Å². The lowest BCUT2D eigenvalue weighted by molar-refractivity contribution is -0.165. The van der Waals surface area contributed by atoms with E-state index in [0.717, 1.165) is 0 Å². The summed E-state index contributed by atoms with van der Waals surface area (Å²) in [6.45, 7) is 24.2. The number of carbonyl (C=O) groups is 2. The molecule has 5 nitrogen and oxygen atoms in total. The second-order valence-electron chi connectivity index (χ2n) is 11.4. The van der Waals surface area contributed by atoms with E-state index in [-0.39, 0.29) is 28.4 Å². The molecule has 1 fully saturated rings. The predicted octanol–water partition coefficient (Wildman–Crippen LogP) is 5.10. The molecule has 1 aliphatic rings. The molecule has 1 heterocycles. The number of aliphatic carboxylic acids is 1. The van der Waals surface area contributed by atoms with E-state index in [9.17, 15) is 14.7 Å². The van der Waals surface area contributed by atoms with Crippen LogP contribution in [0.15, 0.2) is 0 Å². The highest BCUT2D eigenvalue weighted by Gasteiger charge is 2.63. The zero-order chi connectivity index (χ0) is 21.6. The molecule has 7 heteroatoms. The minimum atomic E-state index is -2.12. The van der Waals surface area contributed by atoms with Crippen molar-refractivity contribution in [2.24, 2.45) is 5.41 Å². The van der Waals surface area contributed by atoms with E-state index in [0.29, 0.717) is 13.0 Å². The maximum atomic E-state index is 13.2. The van der Waals surface area contributed by atoms with Gasteiger partial charge in [-0.1, -0.05) is 54.6 Å². The number of hydrogen-bond donors (Lipinski definition) is 1. The third kappa shape index (κ3) is 4.50. The largest absolute Gasteiger partial charge is 0.481 e. The highest BCUT2D eigenvalue weighted by molar-refractivity contribution is 6.80. The van der Waals surface area contributed by atoms with E-state index in [2.05, 4.69) is 67.7 Å². The molecule has 0 aromatic heterocycles. The van der Waals surface area contributed by atoms with Gasteiger partial charge in [0.1, 0.15) is 0 Å². The summed E-state index contributed by atoms with van der Waals surface area (Å²) in [5, 5.41) is 9.57. The van der Waals surface area contributed by atoms with Crippen molar-refractivity contribution in [3.05, 3.63) is 0 Å². The lowest BCUT2D eigenvalue weighted by atomic mass is 9.70. The van der Waals surface area contributed by atoms with Gasteiger partial charge in [0.15, 0.2) is 16.6 Å². The summed E-state index contributed by atoms with van der Waals surface area (Å²) in [5.41, 5.74) is -0.643. The number of carboxylic acid groups (broad SMARTS) is 1. The number of carboxylic acids is 1. The van der Waals surface area contributed by atoms with E-state index in [1.165, 1.54) is 0 Å². The highest BCUT2D eigenvalue weighted by atomic mass is 28.4. The van der Waals surface area contributed by atoms with Gasteiger partial charge in [-0.3, -0.25) is 9.59 Å². The number of amides is 1. The molecule has 1 N–H and O–H groups in total. The lowest BCUT2D eigenvalue weighted by Gasteiger charge is -2.63. The summed E-state index contributed by atoms with van der Waals surface area (Å²) in [6, 6.07) is -0.244. The van der Waals surface area contributed by atoms with Gasteiger partial charge >= 0.3 is 5.97 Å². The maximum Gasteiger partial charge on any atom is 0.305 e. The van der Waals surface area contributed by atoms with Crippen LogP contribution in [0.25, 0.3) is 0 Å². The van der Waals surface area contributed by atoms with Crippen molar-refractivity contribution in [2.45, 2.75) is 104 Å². The van der Waals surface area contributed by atoms with E-state index in [1.807, 2.05) is 11.5 Å². The topological polar surface area (TPSA) is 66.8 Å². The molecule has 1 amide bonds. The Bertz CT molecular complexity index is 590. The molecule has 0 bridgehead atoms. The first-order valence-corrected chi connectivity index (χ1v) is 15.8. The molecule has 0 aromatic carbocycles. The Morgan fingerprint density at radius 2 is 1.59 bits per heavy atom. The Labute approximate surface area is 168 Å². The van der Waals surface area contributed by atoms with E-state index >= 15 is 0 Å². The third-order valence-corrected chi connectivity index (χ3v) is 17.4. The number of rotatable bonds is 7. The zero-order valence-electron chi connectivity index (χ0n) is 19.3. The molecule has 1 saturated heterocycles. The highest BCUT2D eigenvalue weighted by Crippen LogP contribution is 2.52. The van der Waals surface area contributed by atoms with Crippen LogP contribution in [0.3, 0.4) is 0 Å². The molecule has 0 aliphatic carbocycles. The monoisotopic (exact) mass is 415 g/mol. The van der Waals surface area contributed by atoms with Crippen molar-refractivity contribution in [1.29, 1.82) is 0 Å². The molecule has 1 unspecified atom stereocenters. The SMILES string of the molecule is CC(C)(C)[Si](C)(C)OCC[C@]1(C)C(=O)N([Si](C)(C)C(C)(C)C)C1CC(=O)O. The Morgan fingerprint density at radius 1 is 1.11 bits per heavy atom. The Balaban J connectivity index is 3.02. The van der Waals surface area contributed by atoms with Crippen LogP contribution in [0.2, 0.25) is 36.3 Å². The first kappa shape index (κ1) is 24.4. The Morgan fingerprint density at radius 3 is 1.96 bits per heavy atom. The predicted molar refractivity (Wildman–Crippen MR) is 116 cm³/mol. The van der Waals surface area contributed by atoms with Gasteiger partial charge in [0.2, 0.25) is 5.91 Å². The summed E-state index contributed by atoms with van der Waals surface area (Å²) in [7, 11) is -4.01. The third-order valence-electron chi connectivity index (χ3n) is 7.45. The first-order chi connectivity index (χ1) is 11.8. The summed E-state index contributed by atoms with van der Waals surface area (Å²) in [6.07, 6.45) is 0.594. The maximum absolute atomic E-state index is 13.2. The van der Waals surface area contributed by atoms with Crippen LogP contribution in [-0.4, -0.2) is 50.8 Å². The van der Waals surface area contributed by atoms with Gasteiger partial charge in [-0.15, -0.1) is 0 Å². The van der Waals surface area contributed by atoms with Crippen LogP contribution in [0.5, 0.6) is 0 Å². The average Bonchev–Trinajstić information content (AvgIpc) is 2.43. The van der Waals surface area contributed by atoms with Gasteiger partial charge in [-0.25, -0.2) is 0 Å². The molecule has 158 valence electrons. The Hall–Kier alpha value is -0.666. The molecule has 2 atom stereocenters. The number of hydrogen-bond acceptors (Lipinski definition) is 3. The van der Waals surface area contributed by atoms with Gasteiger partial charge in [0, 0.05) is 12.6 Å². The summed E-state index contributed by atoms with van der Waals surface area (Å²) < 4.78 is 8.24. The lowest BCUT2D eigenvalue weighted by Crippen LogP contribution is -2.77. The average molecular weight is 416 g/mol. The van der Waals surface area contributed by atoms with Crippen molar-refractivity contribution in [3.8, 4) is 0 Å². The van der Waals surface area contributed by atoms with Crippen LogP contribution in [-0.2, 0) is 14.0 Å². The molecule has 1 rings (SSSR count). The second kappa shape index (κ2) is 7.30. The number of nitrogens with zero attached hydrogens (tertiary/aromatic N) is 1. The van der Waals surface area contributed by atoms with Crippen LogP contribution >= 0.6 is 0 Å². The fourth-order valence-electron chi connectivity index (χ4n) is 3.27.